The number of carbonyl (C=O) groups is 2. The van der Waals surface area contributed by atoms with Crippen LogP contribution in [0.15, 0.2) is 12.2 Å². The van der Waals surface area contributed by atoms with Crippen LogP contribution in [0.3, 0.4) is 0 Å². The van der Waals surface area contributed by atoms with Crippen molar-refractivity contribution >= 4 is 11.8 Å². The van der Waals surface area contributed by atoms with Crippen LogP contribution in [-0.4, -0.2) is 18.2 Å². The fourth-order valence-electron chi connectivity index (χ4n) is 0.232. The van der Waals surface area contributed by atoms with Gasteiger partial charge in [-0.1, -0.05) is 6.58 Å². The first-order valence-corrected chi connectivity index (χ1v) is 2.19. The van der Waals surface area contributed by atoms with Crippen LogP contribution < -0.4 is 5.11 Å². The number of carboxylic acids is 1. The van der Waals surface area contributed by atoms with E-state index < -0.39 is 23.8 Å². The van der Waals surface area contributed by atoms with Crippen LogP contribution in [0.25, 0.3) is 0 Å². The average molecular weight is 149 g/mol. The van der Waals surface area contributed by atoms with Crippen LogP contribution in [-0.2, 0) is 9.59 Å². The van der Waals surface area contributed by atoms with Crippen LogP contribution in [0.1, 0.15) is 0 Å². The molecule has 0 aromatic carbocycles. The average Bonchev–Trinajstić information content (AvgIpc) is 1.84. The summed E-state index contributed by atoms with van der Waals surface area (Å²) < 4.78 is 22.7. The molecule has 0 atom stereocenters. The number of alkyl halides is 2. The van der Waals surface area contributed by atoms with E-state index in [0.717, 1.165) is 0 Å². The van der Waals surface area contributed by atoms with Gasteiger partial charge in [-0.25, -0.2) is 8.78 Å². The summed E-state index contributed by atoms with van der Waals surface area (Å²) in [7, 11) is 0. The van der Waals surface area contributed by atoms with E-state index >= 15 is 0 Å². The van der Waals surface area contributed by atoms with Gasteiger partial charge in [0, 0.05) is 5.57 Å². The van der Waals surface area contributed by atoms with Crippen molar-refractivity contribution in [1.29, 1.82) is 0 Å². The van der Waals surface area contributed by atoms with Crippen molar-refractivity contribution in [3.8, 4) is 0 Å². The number of Topliss-reactive ketones (excluding diaryl/α,β-unsaturated/α-hetero) is 1. The lowest BCUT2D eigenvalue weighted by Crippen LogP contribution is -2.30. The predicted octanol–water partition coefficient (Wildman–Crippen LogP) is -0.873. The Morgan fingerprint density at radius 3 is 1.90 bits per heavy atom. The number of rotatable bonds is 3. The molecule has 0 heterocycles. The molecule has 0 aromatic heterocycles. The Morgan fingerprint density at radius 2 is 1.80 bits per heavy atom. The molecule has 0 aliphatic carbocycles. The lowest BCUT2D eigenvalue weighted by Gasteiger charge is -2.02. The Morgan fingerprint density at radius 1 is 1.40 bits per heavy atom. The quantitative estimate of drug-likeness (QED) is 0.297. The van der Waals surface area contributed by atoms with Gasteiger partial charge in [0.15, 0.2) is 0 Å². The zero-order valence-corrected chi connectivity index (χ0v) is 4.77. The molecular weight excluding hydrogens is 146 g/mol. The molecule has 0 rings (SSSR count). The normalized spacial score (nSPS) is 9.50. The molecule has 3 nitrogen and oxygen atoms in total. The first-order chi connectivity index (χ1) is 4.46. The molecular formula is C5H3F2O3-. The summed E-state index contributed by atoms with van der Waals surface area (Å²) in [6.45, 7) is 2.58. The maximum atomic E-state index is 11.3. The molecule has 5 heteroatoms. The largest absolute Gasteiger partial charge is 0.545 e. The Bertz CT molecular complexity index is 185. The molecule has 0 saturated carbocycles. The summed E-state index contributed by atoms with van der Waals surface area (Å²) in [4.78, 5) is 19.7. The van der Waals surface area contributed by atoms with Gasteiger partial charge in [-0.15, -0.1) is 0 Å². The minimum Gasteiger partial charge on any atom is -0.545 e. The molecule has 0 radical (unpaired) electrons. The number of carbonyl (C=O) groups excluding carboxylic acids is 2. The van der Waals surface area contributed by atoms with Gasteiger partial charge in [0.05, 0.1) is 5.97 Å². The van der Waals surface area contributed by atoms with Crippen molar-refractivity contribution in [3.05, 3.63) is 12.2 Å². The molecule has 0 bridgehead atoms. The van der Waals surface area contributed by atoms with Gasteiger partial charge in [-0.3, -0.25) is 4.79 Å². The SMILES string of the molecule is C=C(C(=O)[O-])C(=O)C(F)F. The van der Waals surface area contributed by atoms with Gasteiger partial charge in [0.25, 0.3) is 0 Å². The minimum absolute atomic E-state index is 1.20. The van der Waals surface area contributed by atoms with Crippen molar-refractivity contribution in [2.24, 2.45) is 0 Å². The molecule has 0 aromatic rings. The van der Waals surface area contributed by atoms with E-state index in [4.69, 9.17) is 0 Å². The second-order valence-corrected chi connectivity index (χ2v) is 1.43. The van der Waals surface area contributed by atoms with E-state index in [-0.39, 0.29) is 0 Å². The highest BCUT2D eigenvalue weighted by molar-refractivity contribution is 6.16. The van der Waals surface area contributed by atoms with Gasteiger partial charge in [0.2, 0.25) is 5.78 Å². The van der Waals surface area contributed by atoms with E-state index in [1.165, 1.54) is 0 Å². The van der Waals surface area contributed by atoms with Gasteiger partial charge < -0.3 is 9.90 Å². The third kappa shape index (κ3) is 1.93. The summed E-state index contributed by atoms with van der Waals surface area (Å²) >= 11 is 0. The van der Waals surface area contributed by atoms with E-state index in [0.29, 0.717) is 0 Å². The van der Waals surface area contributed by atoms with Crippen molar-refractivity contribution in [2.45, 2.75) is 6.43 Å². The monoisotopic (exact) mass is 149 g/mol. The molecule has 0 unspecified atom stereocenters. The lowest BCUT2D eigenvalue weighted by molar-refractivity contribution is -0.298. The van der Waals surface area contributed by atoms with E-state index in [2.05, 4.69) is 6.58 Å². The molecule has 0 saturated heterocycles. The van der Waals surface area contributed by atoms with Gasteiger partial charge in [0.1, 0.15) is 0 Å². The second kappa shape index (κ2) is 3.05. The minimum atomic E-state index is -3.33. The smallest absolute Gasteiger partial charge is 0.300 e. The molecule has 0 spiro atoms. The Labute approximate surface area is 55.0 Å². The summed E-state index contributed by atoms with van der Waals surface area (Å²) in [6, 6.07) is 0. The van der Waals surface area contributed by atoms with Crippen LogP contribution in [0.4, 0.5) is 8.78 Å². The zero-order chi connectivity index (χ0) is 8.31. The van der Waals surface area contributed by atoms with Crippen molar-refractivity contribution in [1.82, 2.24) is 0 Å². The fourth-order valence-corrected chi connectivity index (χ4v) is 0.232. The zero-order valence-electron chi connectivity index (χ0n) is 4.77. The summed E-state index contributed by atoms with van der Waals surface area (Å²) in [6.07, 6.45) is -3.33. The third-order valence-electron chi connectivity index (χ3n) is 0.742. The first-order valence-electron chi connectivity index (χ1n) is 2.19. The third-order valence-corrected chi connectivity index (χ3v) is 0.742. The molecule has 0 fully saturated rings. The second-order valence-electron chi connectivity index (χ2n) is 1.43. The maximum absolute atomic E-state index is 11.3. The highest BCUT2D eigenvalue weighted by atomic mass is 19.3. The van der Waals surface area contributed by atoms with Gasteiger partial charge in [-0.2, -0.15) is 0 Å². The van der Waals surface area contributed by atoms with Crippen LogP contribution in [0, 0.1) is 0 Å². The van der Waals surface area contributed by atoms with Crippen molar-refractivity contribution in [3.63, 3.8) is 0 Å². The number of aliphatic carboxylic acids is 1. The van der Waals surface area contributed by atoms with E-state index in [9.17, 15) is 23.5 Å². The summed E-state index contributed by atoms with van der Waals surface area (Å²) in [5.74, 6) is -3.77. The molecule has 0 aliphatic rings. The Kier molecular flexibility index (Phi) is 2.66. The number of ketones is 1. The van der Waals surface area contributed by atoms with Gasteiger partial charge in [-0.05, 0) is 0 Å². The number of halogens is 2. The summed E-state index contributed by atoms with van der Waals surface area (Å²) in [5.41, 5.74) is -1.20. The highest BCUT2D eigenvalue weighted by Gasteiger charge is 2.18. The topological polar surface area (TPSA) is 57.2 Å². The Hall–Kier alpha value is -1.26. The first kappa shape index (κ1) is 8.74. The van der Waals surface area contributed by atoms with Crippen molar-refractivity contribution < 1.29 is 23.5 Å². The highest BCUT2D eigenvalue weighted by Crippen LogP contribution is 2.01. The van der Waals surface area contributed by atoms with Crippen LogP contribution in [0.5, 0.6) is 0 Å². The molecule has 0 aliphatic heterocycles. The predicted molar refractivity (Wildman–Crippen MR) is 25.2 cm³/mol. The molecule has 56 valence electrons. The van der Waals surface area contributed by atoms with Gasteiger partial charge >= 0.3 is 6.43 Å². The van der Waals surface area contributed by atoms with Crippen molar-refractivity contribution in [2.75, 3.05) is 0 Å². The maximum Gasteiger partial charge on any atom is 0.300 e. The van der Waals surface area contributed by atoms with Crippen LogP contribution >= 0.6 is 0 Å². The number of hydrogen-bond acceptors (Lipinski definition) is 3. The molecule has 10 heavy (non-hydrogen) atoms. The van der Waals surface area contributed by atoms with E-state index in [1.54, 1.807) is 0 Å². The lowest BCUT2D eigenvalue weighted by atomic mass is 10.2. The fraction of sp³-hybridized carbons (Fsp3) is 0.200. The van der Waals surface area contributed by atoms with Crippen LogP contribution in [0.2, 0.25) is 0 Å². The Balaban J connectivity index is 4.24. The number of carboxylic acid groups (broad SMARTS) is 1. The standard InChI is InChI=1S/C5H4F2O3/c1-2(5(9)10)3(8)4(6)7/h4H,1H2,(H,9,10)/p-1. The number of hydrogen-bond donors (Lipinski definition) is 0. The molecule has 0 amide bonds. The summed E-state index contributed by atoms with van der Waals surface area (Å²) in [5, 5.41) is 9.68. The molecule has 0 N–H and O–H groups in total. The van der Waals surface area contributed by atoms with E-state index in [1.807, 2.05) is 0 Å².